The van der Waals surface area contributed by atoms with Gasteiger partial charge in [-0.15, -0.1) is 0 Å². The van der Waals surface area contributed by atoms with Crippen LogP contribution in [0.4, 0.5) is 4.32 Å². The number of carbonyl (C=O) groups is 1. The molecule has 1 unspecified atom stereocenters. The summed E-state index contributed by atoms with van der Waals surface area (Å²) in [5.41, 5.74) is 6.30. The van der Waals surface area contributed by atoms with Crippen molar-refractivity contribution in [2.45, 2.75) is 12.5 Å². The minimum atomic E-state index is -0.959. The molecule has 0 aliphatic heterocycles. The number of rotatable bonds is 3. The highest BCUT2D eigenvalue weighted by atomic mass is 19.1. The maximum Gasteiger partial charge on any atom is 0.350 e. The Morgan fingerprint density at radius 2 is 1.93 bits per heavy atom. The van der Waals surface area contributed by atoms with Crippen LogP contribution >= 0.6 is 0 Å². The van der Waals surface area contributed by atoms with Gasteiger partial charge in [0.25, 0.3) is 0 Å². The molecular formula is C9H11BFNO2. The van der Waals surface area contributed by atoms with E-state index in [1.54, 1.807) is 0 Å². The van der Waals surface area contributed by atoms with Crippen LogP contribution in [0.1, 0.15) is 5.56 Å². The van der Waals surface area contributed by atoms with Crippen LogP contribution in [0.2, 0.25) is 0 Å². The number of halogens is 1. The Morgan fingerprint density at radius 3 is 2.36 bits per heavy atom. The lowest BCUT2D eigenvalue weighted by atomic mass is 10.1. The molecule has 0 amide bonds. The van der Waals surface area contributed by atoms with Gasteiger partial charge in [-0.3, -0.25) is 4.79 Å². The second-order valence-corrected chi connectivity index (χ2v) is 2.63. The van der Waals surface area contributed by atoms with Gasteiger partial charge in [0.05, 0.1) is 0 Å². The van der Waals surface area contributed by atoms with Crippen LogP contribution in [-0.2, 0) is 11.2 Å². The van der Waals surface area contributed by atoms with Crippen molar-refractivity contribution in [2.75, 3.05) is 0 Å². The molecule has 0 aliphatic carbocycles. The van der Waals surface area contributed by atoms with Crippen molar-refractivity contribution in [1.82, 2.24) is 0 Å². The van der Waals surface area contributed by atoms with E-state index in [0.29, 0.717) is 6.42 Å². The van der Waals surface area contributed by atoms with Crippen molar-refractivity contribution in [2.24, 2.45) is 5.73 Å². The first kappa shape index (κ1) is 12.6. The van der Waals surface area contributed by atoms with Crippen LogP contribution in [0.25, 0.3) is 0 Å². The van der Waals surface area contributed by atoms with E-state index in [1.807, 2.05) is 30.3 Å². The first-order valence-electron chi connectivity index (χ1n) is 3.94. The number of hydrogen-bond acceptors (Lipinski definition) is 2. The average Bonchev–Trinajstić information content (AvgIpc) is 2.22. The molecule has 2 radical (unpaired) electrons. The lowest BCUT2D eigenvalue weighted by Crippen LogP contribution is -2.32. The van der Waals surface area contributed by atoms with Crippen LogP contribution in [0.3, 0.4) is 0 Å². The lowest BCUT2D eigenvalue weighted by molar-refractivity contribution is -0.138. The first-order chi connectivity index (χ1) is 6.70. The van der Waals surface area contributed by atoms with Gasteiger partial charge in [-0.2, -0.15) is 0 Å². The van der Waals surface area contributed by atoms with Gasteiger partial charge >= 0.3 is 14.1 Å². The van der Waals surface area contributed by atoms with Gasteiger partial charge < -0.3 is 15.2 Å². The molecule has 1 aromatic carbocycles. The van der Waals surface area contributed by atoms with E-state index in [9.17, 15) is 4.79 Å². The Labute approximate surface area is 83.2 Å². The summed E-state index contributed by atoms with van der Waals surface area (Å²) in [4.78, 5) is 10.4. The molecule has 3 N–H and O–H groups in total. The molecule has 1 atom stereocenters. The third-order valence-electron chi connectivity index (χ3n) is 1.62. The van der Waals surface area contributed by atoms with Crippen LogP contribution in [0.15, 0.2) is 30.3 Å². The smallest absolute Gasteiger partial charge is 0.350 e. The fraction of sp³-hybridized carbons (Fsp3) is 0.222. The summed E-state index contributed by atoms with van der Waals surface area (Å²) in [5.74, 6) is -0.959. The quantitative estimate of drug-likeness (QED) is 0.697. The van der Waals surface area contributed by atoms with Crippen molar-refractivity contribution in [3.63, 3.8) is 0 Å². The van der Waals surface area contributed by atoms with Crippen molar-refractivity contribution >= 4 is 14.1 Å². The topological polar surface area (TPSA) is 63.3 Å². The van der Waals surface area contributed by atoms with E-state index in [4.69, 9.17) is 15.2 Å². The molecule has 1 aromatic rings. The van der Waals surface area contributed by atoms with Crippen LogP contribution < -0.4 is 5.73 Å². The fourth-order valence-corrected chi connectivity index (χ4v) is 0.955. The number of hydrogen-bond donors (Lipinski definition) is 2. The van der Waals surface area contributed by atoms with Gasteiger partial charge in [0.2, 0.25) is 0 Å². The molecule has 14 heavy (non-hydrogen) atoms. The maximum atomic E-state index is 10.4. The molecule has 0 aromatic heterocycles. The zero-order valence-corrected chi connectivity index (χ0v) is 7.56. The zero-order valence-electron chi connectivity index (χ0n) is 7.56. The molecule has 74 valence electrons. The van der Waals surface area contributed by atoms with Crippen molar-refractivity contribution in [3.8, 4) is 0 Å². The number of aliphatic carboxylic acids is 1. The zero-order chi connectivity index (χ0) is 11.0. The summed E-state index contributed by atoms with van der Waals surface area (Å²) in [6, 6.07) is 8.54. The van der Waals surface area contributed by atoms with Crippen LogP contribution in [0.5, 0.6) is 0 Å². The van der Waals surface area contributed by atoms with Gasteiger partial charge in [0.1, 0.15) is 6.04 Å². The van der Waals surface area contributed by atoms with Gasteiger partial charge in [0.15, 0.2) is 0 Å². The summed E-state index contributed by atoms with van der Waals surface area (Å²) < 4.78 is 9.00. The van der Waals surface area contributed by atoms with Crippen LogP contribution in [-0.4, -0.2) is 25.2 Å². The average molecular weight is 195 g/mol. The Hall–Kier alpha value is -1.36. The lowest BCUT2D eigenvalue weighted by Gasteiger charge is -2.04. The van der Waals surface area contributed by atoms with E-state index < -0.39 is 12.0 Å². The van der Waals surface area contributed by atoms with Crippen molar-refractivity contribution in [3.05, 3.63) is 35.9 Å². The minimum absolute atomic E-state index is 0.385. The molecule has 0 fully saturated rings. The predicted molar refractivity (Wildman–Crippen MR) is 52.6 cm³/mol. The molecule has 0 aliphatic rings. The van der Waals surface area contributed by atoms with Gasteiger partial charge in [0, 0.05) is 0 Å². The normalized spacial score (nSPS) is 11.0. The second kappa shape index (κ2) is 7.09. The summed E-state index contributed by atoms with van der Waals surface area (Å²) >= 11 is 0. The SMILES string of the molecule is NC(Cc1ccccc1)C(=O)O.[B]F. The Kier molecular flexibility index (Phi) is 6.40. The van der Waals surface area contributed by atoms with Crippen LogP contribution in [0, 0.1) is 0 Å². The predicted octanol–water partition coefficient (Wildman–Crippen LogP) is 0.680. The minimum Gasteiger partial charge on any atom is -0.480 e. The molecule has 3 nitrogen and oxygen atoms in total. The second-order valence-electron chi connectivity index (χ2n) is 2.63. The molecular weight excluding hydrogens is 184 g/mol. The summed E-state index contributed by atoms with van der Waals surface area (Å²) in [5, 5.41) is 8.52. The maximum absolute atomic E-state index is 10.4. The summed E-state index contributed by atoms with van der Waals surface area (Å²) in [6.45, 7) is 0. The van der Waals surface area contributed by atoms with Crippen molar-refractivity contribution in [1.29, 1.82) is 0 Å². The highest BCUT2D eigenvalue weighted by Gasteiger charge is 2.10. The molecule has 0 saturated heterocycles. The summed E-state index contributed by atoms with van der Waals surface area (Å²) in [6.07, 6.45) is 0.385. The standard InChI is InChI=1S/C9H11NO2.BF/c10-8(9(11)12)6-7-4-2-1-3-5-7;1-2/h1-5,8H,6,10H2,(H,11,12);. The van der Waals surface area contributed by atoms with Gasteiger partial charge in [-0.25, -0.2) is 0 Å². The monoisotopic (exact) mass is 195 g/mol. The fourth-order valence-electron chi connectivity index (χ4n) is 0.955. The Bertz CT molecular complexity index is 269. The third kappa shape index (κ3) is 4.62. The number of carboxylic acids is 1. The van der Waals surface area contributed by atoms with E-state index in [1.165, 1.54) is 0 Å². The molecule has 0 spiro atoms. The molecule has 0 heterocycles. The highest BCUT2D eigenvalue weighted by Crippen LogP contribution is 2.01. The third-order valence-corrected chi connectivity index (χ3v) is 1.62. The number of benzene rings is 1. The summed E-state index contributed by atoms with van der Waals surface area (Å²) in [7, 11) is 3.00. The van der Waals surface area contributed by atoms with Gasteiger partial charge in [-0.1, -0.05) is 30.3 Å². The molecule has 0 bridgehead atoms. The molecule has 0 saturated carbocycles. The van der Waals surface area contributed by atoms with E-state index in [0.717, 1.165) is 5.56 Å². The Morgan fingerprint density at radius 1 is 1.43 bits per heavy atom. The van der Waals surface area contributed by atoms with Gasteiger partial charge in [-0.05, 0) is 12.0 Å². The number of nitrogens with two attached hydrogens (primary N) is 1. The van der Waals surface area contributed by atoms with E-state index in [2.05, 4.69) is 8.12 Å². The highest BCUT2D eigenvalue weighted by molar-refractivity contribution is 5.96. The molecule has 1 rings (SSSR count). The largest absolute Gasteiger partial charge is 0.480 e. The Balaban J connectivity index is 0.000000791. The van der Waals surface area contributed by atoms with Crippen molar-refractivity contribution < 1.29 is 14.2 Å². The van der Waals surface area contributed by atoms with E-state index >= 15 is 0 Å². The molecule has 5 heteroatoms. The number of carboxylic acid groups (broad SMARTS) is 1. The first-order valence-corrected chi connectivity index (χ1v) is 3.94. The van der Waals surface area contributed by atoms with E-state index in [-0.39, 0.29) is 0 Å².